The predicted molar refractivity (Wildman–Crippen MR) is 48.0 cm³/mol. The summed E-state index contributed by atoms with van der Waals surface area (Å²) in [6.07, 6.45) is 1.88. The quantitative estimate of drug-likeness (QED) is 0.656. The Morgan fingerprint density at radius 2 is 2.33 bits per heavy atom. The Bertz CT molecular complexity index is 315. The van der Waals surface area contributed by atoms with Gasteiger partial charge in [0, 0.05) is 5.69 Å². The van der Waals surface area contributed by atoms with Gasteiger partial charge in [-0.2, -0.15) is 5.26 Å². The van der Waals surface area contributed by atoms with Crippen LogP contribution in [0.3, 0.4) is 0 Å². The maximum Gasteiger partial charge on any atom is 0.130 e. The Morgan fingerprint density at radius 1 is 1.58 bits per heavy atom. The van der Waals surface area contributed by atoms with Gasteiger partial charge in [0.25, 0.3) is 0 Å². The monoisotopic (exact) mass is 180 g/mol. The van der Waals surface area contributed by atoms with Gasteiger partial charge in [-0.3, -0.25) is 0 Å². The van der Waals surface area contributed by atoms with E-state index in [2.05, 4.69) is 11.9 Å². The lowest BCUT2D eigenvalue weighted by Crippen LogP contribution is -1.90. The molecule has 0 amide bonds. The number of hydrogen-bond donors (Lipinski definition) is 0. The van der Waals surface area contributed by atoms with E-state index < -0.39 is 0 Å². The van der Waals surface area contributed by atoms with Gasteiger partial charge >= 0.3 is 0 Å². The van der Waals surface area contributed by atoms with E-state index in [1.165, 1.54) is 0 Å². The van der Waals surface area contributed by atoms with Crippen molar-refractivity contribution in [3.8, 4) is 6.07 Å². The Hall–Kier alpha value is -1.07. The largest absolute Gasteiger partial charge is 0.241 e. The molecule has 0 radical (unpaired) electrons. The molecule has 0 atom stereocenters. The molecule has 0 aromatic carbocycles. The molecule has 0 spiro atoms. The standard InChI is InChI=1S/C9H9ClN2/c1-2-3-8-4-7(6-11)5-9(10)12-8/h4-5H,2-3H2,1H3. The summed E-state index contributed by atoms with van der Waals surface area (Å²) in [7, 11) is 0. The van der Waals surface area contributed by atoms with E-state index in [9.17, 15) is 0 Å². The molecule has 0 aliphatic carbocycles. The molecule has 0 aliphatic heterocycles. The molecule has 0 bridgehead atoms. The zero-order valence-corrected chi connectivity index (χ0v) is 7.60. The van der Waals surface area contributed by atoms with Crippen molar-refractivity contribution in [2.24, 2.45) is 0 Å². The minimum Gasteiger partial charge on any atom is -0.241 e. The summed E-state index contributed by atoms with van der Waals surface area (Å²) in [4.78, 5) is 4.09. The SMILES string of the molecule is CCCc1cc(C#N)cc(Cl)n1. The van der Waals surface area contributed by atoms with E-state index in [-0.39, 0.29) is 0 Å². The minimum atomic E-state index is 0.400. The molecule has 1 aromatic rings. The van der Waals surface area contributed by atoms with E-state index in [1.54, 1.807) is 12.1 Å². The first-order chi connectivity index (χ1) is 5.76. The number of aromatic nitrogens is 1. The Kier molecular flexibility index (Phi) is 3.07. The van der Waals surface area contributed by atoms with Crippen LogP contribution in [0.2, 0.25) is 5.15 Å². The lowest BCUT2D eigenvalue weighted by Gasteiger charge is -1.98. The third-order valence-electron chi connectivity index (χ3n) is 1.48. The van der Waals surface area contributed by atoms with Gasteiger partial charge in [0.2, 0.25) is 0 Å². The van der Waals surface area contributed by atoms with Gasteiger partial charge in [0.05, 0.1) is 11.6 Å². The summed E-state index contributed by atoms with van der Waals surface area (Å²) >= 11 is 5.70. The molecular formula is C9H9ClN2. The van der Waals surface area contributed by atoms with Crippen LogP contribution in [-0.4, -0.2) is 4.98 Å². The fourth-order valence-electron chi connectivity index (χ4n) is 1.000. The van der Waals surface area contributed by atoms with E-state index in [4.69, 9.17) is 16.9 Å². The lowest BCUT2D eigenvalue weighted by molar-refractivity contribution is 0.882. The Labute approximate surface area is 76.8 Å². The van der Waals surface area contributed by atoms with Crippen LogP contribution < -0.4 is 0 Å². The minimum absolute atomic E-state index is 0.400. The highest BCUT2D eigenvalue weighted by Crippen LogP contribution is 2.11. The fraction of sp³-hybridized carbons (Fsp3) is 0.333. The first kappa shape index (κ1) is 9.02. The maximum atomic E-state index is 8.62. The molecule has 3 heteroatoms. The van der Waals surface area contributed by atoms with Crippen molar-refractivity contribution >= 4 is 11.6 Å². The second-order valence-electron chi connectivity index (χ2n) is 2.53. The number of nitrogens with zero attached hydrogens (tertiary/aromatic N) is 2. The first-order valence-corrected chi connectivity index (χ1v) is 4.20. The normalized spacial score (nSPS) is 9.42. The summed E-state index contributed by atoms with van der Waals surface area (Å²) in [5, 5.41) is 9.02. The van der Waals surface area contributed by atoms with Crippen molar-refractivity contribution in [2.45, 2.75) is 19.8 Å². The summed E-state index contributed by atoms with van der Waals surface area (Å²) in [6.45, 7) is 2.06. The number of aryl methyl sites for hydroxylation is 1. The van der Waals surface area contributed by atoms with Crippen LogP contribution in [0.25, 0.3) is 0 Å². The van der Waals surface area contributed by atoms with Crippen molar-refractivity contribution in [1.82, 2.24) is 4.98 Å². The summed E-state index contributed by atoms with van der Waals surface area (Å²) < 4.78 is 0. The van der Waals surface area contributed by atoms with Crippen LogP contribution in [0.5, 0.6) is 0 Å². The molecular weight excluding hydrogens is 172 g/mol. The second-order valence-corrected chi connectivity index (χ2v) is 2.92. The molecule has 0 aliphatic rings. The molecule has 62 valence electrons. The summed E-state index contributed by atoms with van der Waals surface area (Å²) in [5.74, 6) is 0. The predicted octanol–water partition coefficient (Wildman–Crippen LogP) is 2.56. The highest BCUT2D eigenvalue weighted by molar-refractivity contribution is 6.29. The van der Waals surface area contributed by atoms with E-state index in [1.807, 2.05) is 6.07 Å². The third kappa shape index (κ3) is 2.21. The molecule has 0 unspecified atom stereocenters. The molecule has 1 aromatic heterocycles. The van der Waals surface area contributed by atoms with E-state index in [0.29, 0.717) is 10.7 Å². The molecule has 0 fully saturated rings. The molecule has 0 saturated carbocycles. The molecule has 1 rings (SSSR count). The number of rotatable bonds is 2. The zero-order valence-electron chi connectivity index (χ0n) is 6.84. The van der Waals surface area contributed by atoms with Crippen LogP contribution in [0.1, 0.15) is 24.6 Å². The fourth-order valence-corrected chi connectivity index (χ4v) is 1.23. The molecule has 0 N–H and O–H groups in total. The summed E-state index contributed by atoms with van der Waals surface area (Å²) in [5.41, 5.74) is 1.47. The van der Waals surface area contributed by atoms with Gasteiger partial charge in [0.1, 0.15) is 5.15 Å². The van der Waals surface area contributed by atoms with Gasteiger partial charge in [0.15, 0.2) is 0 Å². The maximum absolute atomic E-state index is 8.62. The first-order valence-electron chi connectivity index (χ1n) is 3.83. The van der Waals surface area contributed by atoms with Gasteiger partial charge in [-0.15, -0.1) is 0 Å². The molecule has 1 heterocycles. The number of halogens is 1. The van der Waals surface area contributed by atoms with Crippen molar-refractivity contribution in [3.05, 3.63) is 28.5 Å². The number of nitriles is 1. The Morgan fingerprint density at radius 3 is 2.92 bits per heavy atom. The number of pyridine rings is 1. The highest BCUT2D eigenvalue weighted by Gasteiger charge is 1.99. The summed E-state index contributed by atoms with van der Waals surface area (Å²) in [6, 6.07) is 5.39. The smallest absolute Gasteiger partial charge is 0.130 e. The van der Waals surface area contributed by atoms with Crippen LogP contribution in [0.4, 0.5) is 0 Å². The zero-order chi connectivity index (χ0) is 8.97. The van der Waals surface area contributed by atoms with Crippen molar-refractivity contribution in [1.29, 1.82) is 5.26 Å². The molecule has 2 nitrogen and oxygen atoms in total. The number of hydrogen-bond acceptors (Lipinski definition) is 2. The highest BCUT2D eigenvalue weighted by atomic mass is 35.5. The molecule has 12 heavy (non-hydrogen) atoms. The van der Waals surface area contributed by atoms with Crippen LogP contribution in [-0.2, 0) is 6.42 Å². The van der Waals surface area contributed by atoms with E-state index >= 15 is 0 Å². The van der Waals surface area contributed by atoms with Crippen LogP contribution in [0.15, 0.2) is 12.1 Å². The van der Waals surface area contributed by atoms with Crippen molar-refractivity contribution in [2.75, 3.05) is 0 Å². The van der Waals surface area contributed by atoms with Gasteiger partial charge in [-0.1, -0.05) is 24.9 Å². The van der Waals surface area contributed by atoms with Crippen molar-refractivity contribution < 1.29 is 0 Å². The topological polar surface area (TPSA) is 36.7 Å². The second kappa shape index (κ2) is 4.08. The van der Waals surface area contributed by atoms with Crippen molar-refractivity contribution in [3.63, 3.8) is 0 Å². The Balaban J connectivity index is 3.00. The van der Waals surface area contributed by atoms with Gasteiger partial charge < -0.3 is 0 Å². The van der Waals surface area contributed by atoms with Crippen LogP contribution >= 0.6 is 11.6 Å². The average molecular weight is 181 g/mol. The van der Waals surface area contributed by atoms with Gasteiger partial charge in [-0.25, -0.2) is 4.98 Å². The average Bonchev–Trinajstić information content (AvgIpc) is 2.04. The van der Waals surface area contributed by atoms with Gasteiger partial charge in [-0.05, 0) is 18.6 Å². The third-order valence-corrected chi connectivity index (χ3v) is 1.68. The molecule has 0 saturated heterocycles. The van der Waals surface area contributed by atoms with E-state index in [0.717, 1.165) is 18.5 Å². The lowest BCUT2D eigenvalue weighted by atomic mass is 10.2. The van der Waals surface area contributed by atoms with Crippen LogP contribution in [0, 0.1) is 11.3 Å².